The summed E-state index contributed by atoms with van der Waals surface area (Å²) in [4.78, 5) is 3.23. The zero-order valence-electron chi connectivity index (χ0n) is 18.9. The van der Waals surface area contributed by atoms with Gasteiger partial charge in [0.2, 0.25) is 0 Å². The number of allylic oxidation sites excluding steroid dienone is 2. The summed E-state index contributed by atoms with van der Waals surface area (Å²) < 4.78 is 0. The lowest BCUT2D eigenvalue weighted by Gasteiger charge is -2.37. The number of nitrogens with zero attached hydrogens (tertiary/aromatic N) is 1. The second-order valence-electron chi connectivity index (χ2n) is 7.14. The number of hydrogen-bond donors (Lipinski definition) is 3. The molecule has 0 saturated carbocycles. The van der Waals surface area contributed by atoms with Crippen molar-refractivity contribution in [2.24, 2.45) is 0 Å². The second-order valence-corrected chi connectivity index (χ2v) is 7.66. The van der Waals surface area contributed by atoms with Crippen LogP contribution in [0.25, 0.3) is 6.08 Å². The van der Waals surface area contributed by atoms with Crippen molar-refractivity contribution in [2.45, 2.75) is 37.9 Å². The first-order valence-corrected chi connectivity index (χ1v) is 10.2. The van der Waals surface area contributed by atoms with Crippen molar-refractivity contribution in [1.82, 2.24) is 10.2 Å². The lowest BCUT2D eigenvalue weighted by Crippen LogP contribution is -2.51. The van der Waals surface area contributed by atoms with Gasteiger partial charge in [-0.05, 0) is 69.3 Å². The molecule has 2 aromatic carbocycles. The van der Waals surface area contributed by atoms with Gasteiger partial charge in [-0.1, -0.05) is 43.0 Å². The van der Waals surface area contributed by atoms with Crippen molar-refractivity contribution in [3.63, 3.8) is 0 Å². The van der Waals surface area contributed by atoms with Crippen LogP contribution in [0.3, 0.4) is 0 Å². The van der Waals surface area contributed by atoms with E-state index in [4.69, 9.17) is 5.73 Å². The molecule has 0 amide bonds. The molecule has 0 saturated heterocycles. The first kappa shape index (κ1) is 27.3. The Balaban J connectivity index is 0.00000154. The summed E-state index contributed by atoms with van der Waals surface area (Å²) in [6.07, 6.45) is 5.75. The predicted molar refractivity (Wildman–Crippen MR) is 139 cm³/mol. The van der Waals surface area contributed by atoms with Crippen LogP contribution in [0.5, 0.6) is 0 Å². The van der Waals surface area contributed by atoms with Crippen molar-refractivity contribution in [1.29, 1.82) is 0 Å². The summed E-state index contributed by atoms with van der Waals surface area (Å²) in [5.74, 6) is 0. The van der Waals surface area contributed by atoms with Gasteiger partial charge < -0.3 is 11.1 Å². The van der Waals surface area contributed by atoms with Gasteiger partial charge >= 0.3 is 0 Å². The van der Waals surface area contributed by atoms with E-state index in [0.29, 0.717) is 0 Å². The van der Waals surface area contributed by atoms with E-state index in [1.54, 1.807) is 6.08 Å². The van der Waals surface area contributed by atoms with Crippen LogP contribution in [0.15, 0.2) is 97.6 Å². The third-order valence-electron chi connectivity index (χ3n) is 4.16. The molecule has 2 aromatic rings. The smallest absolute Gasteiger partial charge is 0.0849 e. The van der Waals surface area contributed by atoms with Gasteiger partial charge in [-0.2, -0.15) is 0 Å². The van der Waals surface area contributed by atoms with Crippen molar-refractivity contribution in [3.8, 4) is 0 Å². The molecule has 0 aliphatic rings. The van der Waals surface area contributed by atoms with E-state index in [9.17, 15) is 0 Å². The zero-order chi connectivity index (χ0) is 23.2. The molecule has 0 spiro atoms. The molecular formula is C26H37N3S. The zero-order valence-corrected chi connectivity index (χ0v) is 19.8. The Morgan fingerprint density at radius 1 is 1.17 bits per heavy atom. The van der Waals surface area contributed by atoms with Crippen molar-refractivity contribution < 1.29 is 0 Å². The number of nitrogens with one attached hydrogen (secondary N) is 1. The Bertz CT molecular complexity index is 807. The summed E-state index contributed by atoms with van der Waals surface area (Å²) in [6.45, 7) is 20.5. The number of rotatable bonds is 7. The molecule has 0 fully saturated rings. The molecule has 0 aliphatic carbocycles. The number of anilines is 1. The molecule has 0 bridgehead atoms. The predicted octanol–water partition coefficient (Wildman–Crippen LogP) is 6.54. The fraction of sp³-hybridized carbons (Fsp3) is 0.231. The standard InChI is InChI=1S/C21H27N3S.C3H6.C2H4/c1-16(8-9-17-10-12-19(22)13-11-17)23-21(2,3)24(4)15-18-6-5-7-20(25)14-18;1-3-2;1-2/h5-14,23,25H,1,15,22H2,2-4H3;3H,1H2,2H3;1-2H2/b9-8+;;. The van der Waals surface area contributed by atoms with Gasteiger partial charge in [0.25, 0.3) is 0 Å². The molecular weight excluding hydrogens is 386 g/mol. The quantitative estimate of drug-likeness (QED) is 0.156. The lowest BCUT2D eigenvalue weighted by atomic mass is 10.1. The molecule has 162 valence electrons. The van der Waals surface area contributed by atoms with Gasteiger partial charge in [-0.25, -0.2) is 0 Å². The molecule has 3 nitrogen and oxygen atoms in total. The van der Waals surface area contributed by atoms with Crippen LogP contribution in [0, 0.1) is 0 Å². The monoisotopic (exact) mass is 423 g/mol. The van der Waals surface area contributed by atoms with Crippen LogP contribution in [0.4, 0.5) is 5.69 Å². The molecule has 3 N–H and O–H groups in total. The van der Waals surface area contributed by atoms with Crippen molar-refractivity contribution in [2.75, 3.05) is 12.8 Å². The third kappa shape index (κ3) is 10.7. The van der Waals surface area contributed by atoms with E-state index < -0.39 is 0 Å². The largest absolute Gasteiger partial charge is 0.399 e. The normalized spacial score (nSPS) is 10.5. The highest BCUT2D eigenvalue weighted by atomic mass is 32.1. The van der Waals surface area contributed by atoms with Crippen LogP contribution in [-0.2, 0) is 6.54 Å². The van der Waals surface area contributed by atoms with Gasteiger partial charge in [-0.15, -0.1) is 32.4 Å². The van der Waals surface area contributed by atoms with Crippen molar-refractivity contribution in [3.05, 3.63) is 104 Å². The summed E-state index contributed by atoms with van der Waals surface area (Å²) in [6, 6.07) is 16.0. The topological polar surface area (TPSA) is 41.3 Å². The lowest BCUT2D eigenvalue weighted by molar-refractivity contribution is 0.123. The molecule has 4 heteroatoms. The molecule has 30 heavy (non-hydrogen) atoms. The Hall–Kier alpha value is -2.69. The molecule has 0 aromatic heterocycles. The summed E-state index contributed by atoms with van der Waals surface area (Å²) >= 11 is 4.41. The highest BCUT2D eigenvalue weighted by molar-refractivity contribution is 7.80. The van der Waals surface area contributed by atoms with Gasteiger partial charge in [0.05, 0.1) is 5.66 Å². The maximum absolute atomic E-state index is 5.71. The molecule has 0 aliphatic heterocycles. The minimum Gasteiger partial charge on any atom is -0.399 e. The maximum atomic E-state index is 5.71. The van der Waals surface area contributed by atoms with E-state index in [2.05, 4.69) is 82.2 Å². The number of nitrogens with two attached hydrogens (primary N) is 1. The Kier molecular flexibility index (Phi) is 13.0. The summed E-state index contributed by atoms with van der Waals surface area (Å²) in [5.41, 5.74) is 9.41. The van der Waals surface area contributed by atoms with Crippen LogP contribution in [0.1, 0.15) is 31.9 Å². The van der Waals surface area contributed by atoms with Crippen LogP contribution in [0.2, 0.25) is 0 Å². The van der Waals surface area contributed by atoms with E-state index in [-0.39, 0.29) is 5.66 Å². The van der Waals surface area contributed by atoms with E-state index in [0.717, 1.165) is 28.4 Å². The van der Waals surface area contributed by atoms with Crippen LogP contribution in [-0.4, -0.2) is 17.6 Å². The number of benzene rings is 2. The SMILES string of the molecule is C=C.C=C(/C=C/c1ccc(N)cc1)NC(C)(C)N(C)Cc1cccc(S)c1.C=CC. The minimum atomic E-state index is -0.241. The Morgan fingerprint density at radius 3 is 2.27 bits per heavy atom. The fourth-order valence-corrected chi connectivity index (χ4v) is 2.71. The van der Waals surface area contributed by atoms with E-state index in [1.165, 1.54) is 5.56 Å². The molecule has 0 heterocycles. The Labute approximate surface area is 189 Å². The number of thiol groups is 1. The number of nitrogen functional groups attached to an aromatic ring is 1. The van der Waals surface area contributed by atoms with E-state index >= 15 is 0 Å². The highest BCUT2D eigenvalue weighted by Gasteiger charge is 2.23. The molecule has 0 unspecified atom stereocenters. The van der Waals surface area contributed by atoms with Gasteiger partial charge in [-0.3, -0.25) is 4.90 Å². The van der Waals surface area contributed by atoms with Gasteiger partial charge in [0, 0.05) is 22.8 Å². The Morgan fingerprint density at radius 2 is 1.73 bits per heavy atom. The average molecular weight is 424 g/mol. The first-order valence-electron chi connectivity index (χ1n) is 9.75. The van der Waals surface area contributed by atoms with Gasteiger partial charge in [0.1, 0.15) is 0 Å². The fourth-order valence-electron chi connectivity index (χ4n) is 2.46. The number of hydrogen-bond acceptors (Lipinski definition) is 4. The second kappa shape index (κ2) is 14.3. The highest BCUT2D eigenvalue weighted by Crippen LogP contribution is 2.17. The van der Waals surface area contributed by atoms with E-state index in [1.807, 2.05) is 55.5 Å². The van der Waals surface area contributed by atoms with Gasteiger partial charge in [0.15, 0.2) is 0 Å². The average Bonchev–Trinajstić information content (AvgIpc) is 2.69. The van der Waals surface area contributed by atoms with Crippen molar-refractivity contribution >= 4 is 24.4 Å². The summed E-state index contributed by atoms with van der Waals surface area (Å²) in [7, 11) is 2.09. The molecule has 0 radical (unpaired) electrons. The van der Waals surface area contributed by atoms with Crippen LogP contribution >= 0.6 is 12.6 Å². The third-order valence-corrected chi connectivity index (χ3v) is 4.44. The first-order chi connectivity index (χ1) is 14.2. The molecule has 2 rings (SSSR count). The summed E-state index contributed by atoms with van der Waals surface area (Å²) in [5, 5.41) is 3.47. The maximum Gasteiger partial charge on any atom is 0.0849 e. The molecule has 0 atom stereocenters. The minimum absolute atomic E-state index is 0.241. The van der Waals surface area contributed by atoms with Crippen LogP contribution < -0.4 is 11.1 Å².